The first-order valence-electron chi connectivity index (χ1n) is 7.02. The molecule has 1 N–H and O–H groups in total. The number of benzene rings is 1. The summed E-state index contributed by atoms with van der Waals surface area (Å²) in [5.41, 5.74) is 3.22. The van der Waals surface area contributed by atoms with Crippen LogP contribution in [0.15, 0.2) is 42.6 Å². The van der Waals surface area contributed by atoms with Crippen molar-refractivity contribution in [1.82, 2.24) is 4.98 Å². The predicted molar refractivity (Wildman–Crippen MR) is 83.1 cm³/mol. The van der Waals surface area contributed by atoms with Crippen LogP contribution in [0, 0.1) is 12.8 Å². The van der Waals surface area contributed by atoms with E-state index in [1.807, 2.05) is 43.5 Å². The van der Waals surface area contributed by atoms with Gasteiger partial charge in [-0.15, -0.1) is 0 Å². The molecule has 0 saturated carbocycles. The fourth-order valence-electron chi connectivity index (χ4n) is 1.80. The summed E-state index contributed by atoms with van der Waals surface area (Å²) in [7, 11) is 0. The molecular weight excluding hydrogens is 248 g/mol. The third-order valence-electron chi connectivity index (χ3n) is 2.91. The van der Waals surface area contributed by atoms with Crippen LogP contribution in [-0.4, -0.2) is 11.6 Å². The summed E-state index contributed by atoms with van der Waals surface area (Å²) < 4.78 is 5.83. The van der Waals surface area contributed by atoms with Crippen molar-refractivity contribution in [3.05, 3.63) is 53.9 Å². The van der Waals surface area contributed by atoms with Crippen molar-refractivity contribution in [1.29, 1.82) is 0 Å². The molecule has 0 spiro atoms. The van der Waals surface area contributed by atoms with E-state index in [-0.39, 0.29) is 0 Å². The highest BCUT2D eigenvalue weighted by atomic mass is 16.5. The maximum absolute atomic E-state index is 5.83. The van der Waals surface area contributed by atoms with Gasteiger partial charge < -0.3 is 10.1 Å². The van der Waals surface area contributed by atoms with Gasteiger partial charge in [-0.1, -0.05) is 32.0 Å². The van der Waals surface area contributed by atoms with Crippen molar-refractivity contribution in [2.45, 2.75) is 27.3 Å². The molecule has 0 fully saturated rings. The van der Waals surface area contributed by atoms with E-state index in [0.29, 0.717) is 5.92 Å². The molecule has 20 heavy (non-hydrogen) atoms. The second kappa shape index (κ2) is 6.94. The Kier molecular flexibility index (Phi) is 4.99. The van der Waals surface area contributed by atoms with Crippen LogP contribution in [0.1, 0.15) is 25.1 Å². The summed E-state index contributed by atoms with van der Waals surface area (Å²) in [4.78, 5) is 4.30. The lowest BCUT2D eigenvalue weighted by molar-refractivity contribution is 0.272. The molecule has 3 nitrogen and oxygen atoms in total. The lowest BCUT2D eigenvalue weighted by Crippen LogP contribution is -2.07. The van der Waals surface area contributed by atoms with Crippen molar-refractivity contribution in [2.24, 2.45) is 5.92 Å². The zero-order valence-electron chi connectivity index (χ0n) is 12.4. The van der Waals surface area contributed by atoms with Crippen LogP contribution in [0.5, 0.6) is 5.75 Å². The zero-order valence-corrected chi connectivity index (χ0v) is 12.4. The fourth-order valence-corrected chi connectivity index (χ4v) is 1.80. The van der Waals surface area contributed by atoms with E-state index < -0.39 is 0 Å². The summed E-state index contributed by atoms with van der Waals surface area (Å²) in [5, 5.41) is 3.41. The minimum atomic E-state index is 0.518. The largest absolute Gasteiger partial charge is 0.491 e. The highest BCUT2D eigenvalue weighted by molar-refractivity contribution is 5.56. The Hall–Kier alpha value is -2.03. The maximum Gasteiger partial charge on any atom is 0.142 e. The van der Waals surface area contributed by atoms with Gasteiger partial charge in [-0.3, -0.25) is 4.98 Å². The Labute approximate surface area is 121 Å². The maximum atomic E-state index is 5.83. The number of hydrogen-bond acceptors (Lipinski definition) is 3. The van der Waals surface area contributed by atoms with Crippen molar-refractivity contribution in [2.75, 3.05) is 11.9 Å². The van der Waals surface area contributed by atoms with Crippen LogP contribution in [0.3, 0.4) is 0 Å². The molecule has 0 amide bonds. The van der Waals surface area contributed by atoms with E-state index in [0.717, 1.165) is 35.8 Å². The molecule has 0 bridgehead atoms. The first-order chi connectivity index (χ1) is 9.65. The Bertz CT molecular complexity index is 535. The molecule has 106 valence electrons. The number of rotatable bonds is 6. The van der Waals surface area contributed by atoms with E-state index in [1.165, 1.54) is 0 Å². The molecular formula is C17H22N2O. The van der Waals surface area contributed by atoms with Crippen LogP contribution >= 0.6 is 0 Å². The SMILES string of the molecule is Cc1ccc(CNc2ccccc2OCC(C)C)cn1. The fraction of sp³-hybridized carbons (Fsp3) is 0.353. The topological polar surface area (TPSA) is 34.1 Å². The molecule has 0 saturated heterocycles. The standard InChI is InChI=1S/C17H22N2O/c1-13(2)12-20-17-7-5-4-6-16(17)19-11-15-9-8-14(3)18-10-15/h4-10,13,19H,11-12H2,1-3H3. The van der Waals surface area contributed by atoms with Gasteiger partial charge in [0.15, 0.2) is 0 Å². The molecule has 0 aliphatic heterocycles. The van der Waals surface area contributed by atoms with E-state index >= 15 is 0 Å². The van der Waals surface area contributed by atoms with Crippen LogP contribution in [0.2, 0.25) is 0 Å². The Morgan fingerprint density at radius 1 is 1.15 bits per heavy atom. The summed E-state index contributed by atoms with van der Waals surface area (Å²) >= 11 is 0. The number of hydrogen-bond donors (Lipinski definition) is 1. The van der Waals surface area contributed by atoms with Gasteiger partial charge in [0.1, 0.15) is 5.75 Å². The molecule has 0 radical (unpaired) electrons. The van der Waals surface area contributed by atoms with Crippen LogP contribution in [0.4, 0.5) is 5.69 Å². The zero-order chi connectivity index (χ0) is 14.4. The third-order valence-corrected chi connectivity index (χ3v) is 2.91. The lowest BCUT2D eigenvalue weighted by Gasteiger charge is -2.14. The number of aryl methyl sites for hydroxylation is 1. The van der Waals surface area contributed by atoms with E-state index in [4.69, 9.17) is 4.74 Å². The monoisotopic (exact) mass is 270 g/mol. The quantitative estimate of drug-likeness (QED) is 0.860. The van der Waals surface area contributed by atoms with Gasteiger partial charge in [0.05, 0.1) is 12.3 Å². The van der Waals surface area contributed by atoms with Crippen molar-refractivity contribution in [3.63, 3.8) is 0 Å². The first kappa shape index (κ1) is 14.4. The number of para-hydroxylation sites is 2. The molecule has 1 aromatic heterocycles. The average Bonchev–Trinajstić information content (AvgIpc) is 2.45. The minimum Gasteiger partial charge on any atom is -0.491 e. The second-order valence-corrected chi connectivity index (χ2v) is 5.36. The van der Waals surface area contributed by atoms with Crippen molar-refractivity contribution < 1.29 is 4.74 Å². The van der Waals surface area contributed by atoms with E-state index in [9.17, 15) is 0 Å². The number of anilines is 1. The number of nitrogens with zero attached hydrogens (tertiary/aromatic N) is 1. The summed E-state index contributed by atoms with van der Waals surface area (Å²) in [6.07, 6.45) is 1.90. The van der Waals surface area contributed by atoms with Crippen molar-refractivity contribution in [3.8, 4) is 5.75 Å². The molecule has 1 aromatic carbocycles. The molecule has 3 heteroatoms. The van der Waals surface area contributed by atoms with Gasteiger partial charge >= 0.3 is 0 Å². The predicted octanol–water partition coefficient (Wildman–Crippen LogP) is 4.04. The Morgan fingerprint density at radius 2 is 1.95 bits per heavy atom. The number of ether oxygens (including phenoxy) is 1. The van der Waals surface area contributed by atoms with Gasteiger partial charge in [-0.2, -0.15) is 0 Å². The molecule has 0 unspecified atom stereocenters. The molecule has 1 heterocycles. The average molecular weight is 270 g/mol. The number of pyridine rings is 1. The smallest absolute Gasteiger partial charge is 0.142 e. The van der Waals surface area contributed by atoms with E-state index in [1.54, 1.807) is 0 Å². The summed E-state index contributed by atoms with van der Waals surface area (Å²) in [6.45, 7) is 7.76. The number of nitrogens with one attached hydrogen (secondary N) is 1. The summed E-state index contributed by atoms with van der Waals surface area (Å²) in [5.74, 6) is 1.42. The number of aromatic nitrogens is 1. The first-order valence-corrected chi connectivity index (χ1v) is 7.02. The Balaban J connectivity index is 1.99. The molecule has 0 aliphatic carbocycles. The molecule has 0 aliphatic rings. The normalized spacial score (nSPS) is 10.6. The Morgan fingerprint density at radius 3 is 2.65 bits per heavy atom. The van der Waals surface area contributed by atoms with Gasteiger partial charge in [0.25, 0.3) is 0 Å². The van der Waals surface area contributed by atoms with Crippen LogP contribution in [-0.2, 0) is 6.54 Å². The third kappa shape index (κ3) is 4.26. The van der Waals surface area contributed by atoms with Gasteiger partial charge in [-0.05, 0) is 36.6 Å². The van der Waals surface area contributed by atoms with Crippen LogP contribution in [0.25, 0.3) is 0 Å². The molecule has 0 atom stereocenters. The minimum absolute atomic E-state index is 0.518. The van der Waals surface area contributed by atoms with Crippen molar-refractivity contribution >= 4 is 5.69 Å². The highest BCUT2D eigenvalue weighted by Crippen LogP contribution is 2.24. The van der Waals surface area contributed by atoms with Gasteiger partial charge in [-0.25, -0.2) is 0 Å². The van der Waals surface area contributed by atoms with Gasteiger partial charge in [0.2, 0.25) is 0 Å². The summed E-state index contributed by atoms with van der Waals surface area (Å²) in [6, 6.07) is 12.2. The second-order valence-electron chi connectivity index (χ2n) is 5.36. The molecule has 2 aromatic rings. The van der Waals surface area contributed by atoms with E-state index in [2.05, 4.69) is 30.2 Å². The lowest BCUT2D eigenvalue weighted by atomic mass is 10.2. The van der Waals surface area contributed by atoms with Gasteiger partial charge in [0, 0.05) is 18.4 Å². The highest BCUT2D eigenvalue weighted by Gasteiger charge is 2.04. The van der Waals surface area contributed by atoms with Crippen LogP contribution < -0.4 is 10.1 Å². The molecule has 2 rings (SSSR count).